The lowest BCUT2D eigenvalue weighted by atomic mass is 9.72. The van der Waals surface area contributed by atoms with E-state index in [2.05, 4.69) is 4.99 Å². The van der Waals surface area contributed by atoms with Crippen molar-refractivity contribution in [2.45, 2.75) is 24.8 Å². The SMILES string of the molecule is O=C=NC1(c2ccc(F)c(O)c2F)CCC1. The molecule has 0 bridgehead atoms. The summed E-state index contributed by atoms with van der Waals surface area (Å²) in [6.07, 6.45) is 3.22. The molecule has 1 aliphatic carbocycles. The number of phenolic OH excluding ortho intramolecular Hbond substituents is 1. The number of hydrogen-bond donors (Lipinski definition) is 1. The largest absolute Gasteiger partial charge is 0.503 e. The second-order valence-corrected chi connectivity index (χ2v) is 3.85. The molecule has 0 atom stereocenters. The molecule has 0 saturated heterocycles. The van der Waals surface area contributed by atoms with Crippen molar-refractivity contribution < 1.29 is 18.7 Å². The fourth-order valence-electron chi connectivity index (χ4n) is 1.94. The van der Waals surface area contributed by atoms with Crippen molar-refractivity contribution in [2.75, 3.05) is 0 Å². The third-order valence-corrected chi connectivity index (χ3v) is 3.01. The molecule has 16 heavy (non-hydrogen) atoms. The summed E-state index contributed by atoms with van der Waals surface area (Å²) in [7, 11) is 0. The number of hydrogen-bond acceptors (Lipinski definition) is 3. The van der Waals surface area contributed by atoms with E-state index < -0.39 is 22.9 Å². The van der Waals surface area contributed by atoms with Crippen LogP contribution in [-0.4, -0.2) is 11.2 Å². The fraction of sp³-hybridized carbons (Fsp3) is 0.364. The molecule has 1 aromatic rings. The van der Waals surface area contributed by atoms with Crippen LogP contribution in [0.1, 0.15) is 24.8 Å². The van der Waals surface area contributed by atoms with Crippen LogP contribution in [0.25, 0.3) is 0 Å². The van der Waals surface area contributed by atoms with E-state index >= 15 is 0 Å². The van der Waals surface area contributed by atoms with Crippen molar-refractivity contribution in [3.63, 3.8) is 0 Å². The van der Waals surface area contributed by atoms with Crippen molar-refractivity contribution in [1.29, 1.82) is 0 Å². The molecule has 3 nitrogen and oxygen atoms in total. The van der Waals surface area contributed by atoms with Crippen LogP contribution in [-0.2, 0) is 10.3 Å². The van der Waals surface area contributed by atoms with Crippen LogP contribution in [0.15, 0.2) is 17.1 Å². The number of nitrogens with zero attached hydrogens (tertiary/aromatic N) is 1. The van der Waals surface area contributed by atoms with Crippen molar-refractivity contribution in [2.24, 2.45) is 4.99 Å². The van der Waals surface area contributed by atoms with Crippen LogP contribution < -0.4 is 0 Å². The molecule has 1 saturated carbocycles. The van der Waals surface area contributed by atoms with Crippen LogP contribution in [0.3, 0.4) is 0 Å². The third-order valence-electron chi connectivity index (χ3n) is 3.01. The lowest BCUT2D eigenvalue weighted by molar-refractivity contribution is 0.243. The van der Waals surface area contributed by atoms with Gasteiger partial charge in [0.25, 0.3) is 0 Å². The Balaban J connectivity index is 2.55. The number of phenols is 1. The predicted octanol–water partition coefficient (Wildman–Crippen LogP) is 2.39. The number of isocyanates is 1. The minimum Gasteiger partial charge on any atom is -0.503 e. The molecule has 0 amide bonds. The molecule has 84 valence electrons. The molecular formula is C11H9F2NO2. The highest BCUT2D eigenvalue weighted by Crippen LogP contribution is 2.46. The Bertz CT molecular complexity index is 477. The van der Waals surface area contributed by atoms with E-state index in [1.54, 1.807) is 0 Å². The van der Waals surface area contributed by atoms with Crippen molar-refractivity contribution in [3.05, 3.63) is 29.3 Å². The highest BCUT2D eigenvalue weighted by molar-refractivity contribution is 5.42. The smallest absolute Gasteiger partial charge is 0.235 e. The zero-order valence-electron chi connectivity index (χ0n) is 8.33. The maximum Gasteiger partial charge on any atom is 0.235 e. The van der Waals surface area contributed by atoms with Gasteiger partial charge in [0, 0.05) is 5.56 Å². The summed E-state index contributed by atoms with van der Waals surface area (Å²) >= 11 is 0. The van der Waals surface area contributed by atoms with Crippen LogP contribution in [0, 0.1) is 11.6 Å². The van der Waals surface area contributed by atoms with Crippen molar-refractivity contribution in [3.8, 4) is 5.75 Å². The molecule has 2 rings (SSSR count). The molecule has 1 N–H and O–H groups in total. The predicted molar refractivity (Wildman–Crippen MR) is 51.7 cm³/mol. The quantitative estimate of drug-likeness (QED) is 0.620. The second kappa shape index (κ2) is 3.68. The van der Waals surface area contributed by atoms with Gasteiger partial charge >= 0.3 is 0 Å². The normalized spacial score (nSPS) is 17.4. The van der Waals surface area contributed by atoms with Gasteiger partial charge in [0.05, 0.1) is 0 Å². The minimum absolute atomic E-state index is 0.0565. The van der Waals surface area contributed by atoms with Gasteiger partial charge in [-0.2, -0.15) is 4.99 Å². The average molecular weight is 225 g/mol. The maximum atomic E-state index is 13.6. The molecule has 0 aromatic heterocycles. The number of rotatable bonds is 2. The van der Waals surface area contributed by atoms with E-state index in [4.69, 9.17) is 5.11 Å². The number of aromatic hydroxyl groups is 1. The van der Waals surface area contributed by atoms with Gasteiger partial charge in [-0.25, -0.2) is 13.6 Å². The van der Waals surface area contributed by atoms with Crippen LogP contribution in [0.4, 0.5) is 8.78 Å². The molecule has 0 radical (unpaired) electrons. The summed E-state index contributed by atoms with van der Waals surface area (Å²) < 4.78 is 26.5. The first-order valence-corrected chi connectivity index (χ1v) is 4.87. The Hall–Kier alpha value is -1.74. The molecule has 0 aliphatic heterocycles. The summed E-state index contributed by atoms with van der Waals surface area (Å²) in [4.78, 5) is 13.9. The van der Waals surface area contributed by atoms with E-state index in [0.717, 1.165) is 12.5 Å². The standard InChI is InChI=1S/C11H9F2NO2/c12-8-3-2-7(9(13)10(8)16)11(14-6-15)4-1-5-11/h2-3,16H,1,4-5H2. The van der Waals surface area contributed by atoms with Gasteiger partial charge in [0.1, 0.15) is 5.54 Å². The van der Waals surface area contributed by atoms with Gasteiger partial charge in [-0.1, -0.05) is 6.07 Å². The molecule has 0 heterocycles. The zero-order chi connectivity index (χ0) is 11.8. The van der Waals surface area contributed by atoms with E-state index in [9.17, 15) is 13.6 Å². The highest BCUT2D eigenvalue weighted by Gasteiger charge is 2.41. The number of halogens is 2. The molecule has 1 aliphatic rings. The highest BCUT2D eigenvalue weighted by atomic mass is 19.1. The first-order valence-electron chi connectivity index (χ1n) is 4.87. The lowest BCUT2D eigenvalue weighted by Crippen LogP contribution is -2.33. The number of carbonyl (C=O) groups excluding carboxylic acids is 1. The summed E-state index contributed by atoms with van der Waals surface area (Å²) in [6, 6.07) is 2.18. The molecule has 1 fully saturated rings. The van der Waals surface area contributed by atoms with Crippen LogP contribution in [0.5, 0.6) is 5.75 Å². The fourth-order valence-corrected chi connectivity index (χ4v) is 1.94. The average Bonchev–Trinajstić information content (AvgIpc) is 2.21. The molecule has 5 heteroatoms. The van der Waals surface area contributed by atoms with E-state index in [1.807, 2.05) is 0 Å². The summed E-state index contributed by atoms with van der Waals surface area (Å²) in [5.74, 6) is -3.09. The van der Waals surface area contributed by atoms with Crippen molar-refractivity contribution >= 4 is 6.08 Å². The summed E-state index contributed by atoms with van der Waals surface area (Å²) in [5, 5.41) is 9.15. The summed E-state index contributed by atoms with van der Waals surface area (Å²) in [5.41, 5.74) is -0.905. The van der Waals surface area contributed by atoms with Gasteiger partial charge < -0.3 is 5.11 Å². The first kappa shape index (κ1) is 10.8. The van der Waals surface area contributed by atoms with Gasteiger partial charge in [-0.3, -0.25) is 0 Å². The Morgan fingerprint density at radius 2 is 2.06 bits per heavy atom. The van der Waals surface area contributed by atoms with Crippen molar-refractivity contribution in [1.82, 2.24) is 0 Å². The Labute approximate surface area is 90.4 Å². The molecule has 0 spiro atoms. The van der Waals surface area contributed by atoms with Gasteiger partial charge in [-0.15, -0.1) is 0 Å². The zero-order valence-corrected chi connectivity index (χ0v) is 8.33. The molecule has 0 unspecified atom stereocenters. The third kappa shape index (κ3) is 1.41. The Morgan fingerprint density at radius 1 is 1.38 bits per heavy atom. The van der Waals surface area contributed by atoms with Gasteiger partial charge in [0.15, 0.2) is 17.4 Å². The van der Waals surface area contributed by atoms with Crippen LogP contribution in [0.2, 0.25) is 0 Å². The maximum absolute atomic E-state index is 13.6. The Kier molecular flexibility index (Phi) is 2.48. The molecule has 1 aromatic carbocycles. The topological polar surface area (TPSA) is 49.7 Å². The monoisotopic (exact) mass is 225 g/mol. The first-order chi connectivity index (χ1) is 7.60. The van der Waals surface area contributed by atoms with Gasteiger partial charge in [0.2, 0.25) is 6.08 Å². The van der Waals surface area contributed by atoms with Crippen LogP contribution >= 0.6 is 0 Å². The number of aliphatic imine (C=N–C) groups is 1. The second-order valence-electron chi connectivity index (χ2n) is 3.85. The lowest BCUT2D eigenvalue weighted by Gasteiger charge is -2.37. The Morgan fingerprint density at radius 3 is 2.56 bits per heavy atom. The summed E-state index contributed by atoms with van der Waals surface area (Å²) in [6.45, 7) is 0. The van der Waals surface area contributed by atoms with E-state index in [0.29, 0.717) is 12.8 Å². The minimum atomic E-state index is -1.04. The van der Waals surface area contributed by atoms with E-state index in [-0.39, 0.29) is 5.56 Å². The van der Waals surface area contributed by atoms with E-state index in [1.165, 1.54) is 12.1 Å². The van der Waals surface area contributed by atoms with Gasteiger partial charge in [-0.05, 0) is 25.3 Å². The molecular weight excluding hydrogens is 216 g/mol. The number of benzene rings is 1.